The van der Waals surface area contributed by atoms with Crippen LogP contribution >= 0.6 is 8.37 Å². The van der Waals surface area contributed by atoms with Crippen molar-refractivity contribution >= 4 is 8.37 Å². The largest absolute Gasteiger partial charge is 0.300 e. The van der Waals surface area contributed by atoms with Gasteiger partial charge in [0.25, 0.3) is 8.37 Å². The van der Waals surface area contributed by atoms with Crippen molar-refractivity contribution in [2.45, 2.75) is 0 Å². The first-order valence-corrected chi connectivity index (χ1v) is 7.11. The first-order chi connectivity index (χ1) is 9.45. The van der Waals surface area contributed by atoms with Crippen molar-refractivity contribution in [1.29, 1.82) is 0 Å². The van der Waals surface area contributed by atoms with E-state index < -0.39 is 8.37 Å². The smallest absolute Gasteiger partial charge is 0.266 e. The van der Waals surface area contributed by atoms with Crippen LogP contribution in [-0.2, 0) is 0 Å². The minimum Gasteiger partial charge on any atom is -0.300 e. The van der Waals surface area contributed by atoms with Gasteiger partial charge in [-0.3, -0.25) is 16.3 Å². The molecule has 0 aromatic heterocycles. The molecular formula is C12H15N6P. The van der Waals surface area contributed by atoms with Crippen LogP contribution < -0.4 is 16.3 Å². The van der Waals surface area contributed by atoms with Crippen LogP contribution in [0.25, 0.3) is 0 Å². The van der Waals surface area contributed by atoms with Crippen molar-refractivity contribution in [3.63, 3.8) is 0 Å². The second-order valence-electron chi connectivity index (χ2n) is 3.79. The summed E-state index contributed by atoms with van der Waals surface area (Å²) in [6, 6.07) is 0. The summed E-state index contributed by atoms with van der Waals surface area (Å²) in [7, 11) is -0.863. The fourth-order valence-corrected chi connectivity index (χ4v) is 3.41. The normalized spacial score (nSPS) is 19.7. The molecule has 0 fully saturated rings. The molecule has 3 aliphatic heterocycles. The lowest BCUT2D eigenvalue weighted by Crippen LogP contribution is -2.44. The number of hydrogen-bond donors (Lipinski definition) is 3. The second-order valence-corrected chi connectivity index (χ2v) is 5.62. The predicted molar refractivity (Wildman–Crippen MR) is 76.7 cm³/mol. The average Bonchev–Trinajstić information content (AvgIpc) is 2.51. The lowest BCUT2D eigenvalue weighted by atomic mass is 10.5. The summed E-state index contributed by atoms with van der Waals surface area (Å²) >= 11 is 0. The van der Waals surface area contributed by atoms with Gasteiger partial charge in [-0.05, 0) is 36.5 Å². The lowest BCUT2D eigenvalue weighted by molar-refractivity contribution is 0.361. The molecule has 0 amide bonds. The van der Waals surface area contributed by atoms with E-state index in [0.29, 0.717) is 0 Å². The Morgan fingerprint density at radius 1 is 0.526 bits per heavy atom. The fourth-order valence-electron chi connectivity index (χ4n) is 1.69. The molecule has 0 atom stereocenters. The molecule has 98 valence electrons. The van der Waals surface area contributed by atoms with Gasteiger partial charge in [-0.15, -0.1) is 0 Å². The molecule has 0 spiro atoms. The third-order valence-corrected chi connectivity index (χ3v) is 4.41. The van der Waals surface area contributed by atoms with Crippen molar-refractivity contribution in [2.24, 2.45) is 0 Å². The molecule has 19 heavy (non-hydrogen) atoms. The number of nitrogens with one attached hydrogen (secondary N) is 3. The van der Waals surface area contributed by atoms with E-state index in [1.807, 2.05) is 88.0 Å². The molecule has 7 heteroatoms. The molecule has 0 saturated carbocycles. The summed E-state index contributed by atoms with van der Waals surface area (Å²) in [4.78, 5) is 0. The SMILES string of the molecule is C1=CNN(P(N2C=CC=CN2)N2C=CC=CN2)C=C1. The molecular weight excluding hydrogens is 259 g/mol. The van der Waals surface area contributed by atoms with E-state index >= 15 is 0 Å². The van der Waals surface area contributed by atoms with E-state index in [1.165, 1.54) is 0 Å². The van der Waals surface area contributed by atoms with Crippen molar-refractivity contribution in [3.8, 4) is 0 Å². The lowest BCUT2D eigenvalue weighted by Gasteiger charge is -2.43. The highest BCUT2D eigenvalue weighted by molar-refractivity contribution is 7.50. The van der Waals surface area contributed by atoms with Crippen molar-refractivity contribution in [2.75, 3.05) is 0 Å². The van der Waals surface area contributed by atoms with E-state index in [1.54, 1.807) is 0 Å². The molecule has 0 aromatic rings. The van der Waals surface area contributed by atoms with Crippen LogP contribution in [0.1, 0.15) is 0 Å². The Kier molecular flexibility index (Phi) is 3.42. The quantitative estimate of drug-likeness (QED) is 0.682. The van der Waals surface area contributed by atoms with Gasteiger partial charge < -0.3 is 0 Å². The van der Waals surface area contributed by atoms with E-state index in [4.69, 9.17) is 0 Å². The maximum atomic E-state index is 3.23. The summed E-state index contributed by atoms with van der Waals surface area (Å²) in [6.07, 6.45) is 23.6. The minimum atomic E-state index is -0.863. The zero-order chi connectivity index (χ0) is 12.9. The van der Waals surface area contributed by atoms with E-state index in [9.17, 15) is 0 Å². The highest BCUT2D eigenvalue weighted by Gasteiger charge is 2.29. The summed E-state index contributed by atoms with van der Waals surface area (Å²) in [6.45, 7) is 0. The predicted octanol–water partition coefficient (Wildman–Crippen LogP) is 1.76. The van der Waals surface area contributed by atoms with Gasteiger partial charge in [0.05, 0.1) is 0 Å². The first kappa shape index (κ1) is 11.7. The average molecular weight is 274 g/mol. The number of allylic oxidation sites excluding steroid dienone is 6. The topological polar surface area (TPSA) is 45.8 Å². The van der Waals surface area contributed by atoms with Gasteiger partial charge in [0.15, 0.2) is 0 Å². The van der Waals surface area contributed by atoms with Crippen LogP contribution in [0.2, 0.25) is 0 Å². The van der Waals surface area contributed by atoms with Crippen molar-refractivity contribution < 1.29 is 0 Å². The van der Waals surface area contributed by atoms with Crippen molar-refractivity contribution in [1.82, 2.24) is 30.6 Å². The van der Waals surface area contributed by atoms with Crippen molar-refractivity contribution in [3.05, 3.63) is 73.7 Å². The Hall–Kier alpha value is -2.33. The third kappa shape index (κ3) is 2.58. The Morgan fingerprint density at radius 3 is 1.16 bits per heavy atom. The summed E-state index contributed by atoms with van der Waals surface area (Å²) in [5.41, 5.74) is 9.69. The molecule has 6 nitrogen and oxygen atoms in total. The monoisotopic (exact) mass is 274 g/mol. The Bertz CT molecular complexity index is 421. The molecule has 0 radical (unpaired) electrons. The molecule has 3 heterocycles. The fraction of sp³-hybridized carbons (Fsp3) is 0. The standard InChI is InChI=1S/C12H15N6P/c1-4-10-16(13-7-1)19(17-11-5-2-8-14-17)18-12-6-3-9-15-18/h1-15H. The van der Waals surface area contributed by atoms with E-state index in [2.05, 4.69) is 16.3 Å². The zero-order valence-electron chi connectivity index (χ0n) is 10.2. The second kappa shape index (κ2) is 5.54. The third-order valence-electron chi connectivity index (χ3n) is 2.50. The van der Waals surface area contributed by atoms with Gasteiger partial charge in [0.2, 0.25) is 0 Å². The molecule has 0 saturated heterocycles. The number of hydrogen-bond acceptors (Lipinski definition) is 6. The first-order valence-electron chi connectivity index (χ1n) is 5.91. The van der Waals surface area contributed by atoms with Gasteiger partial charge >= 0.3 is 0 Å². The summed E-state index contributed by atoms with van der Waals surface area (Å²) < 4.78 is 6.13. The van der Waals surface area contributed by atoms with Gasteiger partial charge in [0.1, 0.15) is 0 Å². The van der Waals surface area contributed by atoms with Crippen LogP contribution in [0.4, 0.5) is 0 Å². The minimum absolute atomic E-state index is 0.863. The van der Waals surface area contributed by atoms with E-state index in [-0.39, 0.29) is 0 Å². The highest BCUT2D eigenvalue weighted by atomic mass is 31.2. The van der Waals surface area contributed by atoms with Gasteiger partial charge in [-0.25, -0.2) is 14.3 Å². The number of nitrogens with zero attached hydrogens (tertiary/aromatic N) is 3. The van der Waals surface area contributed by atoms with Gasteiger partial charge in [-0.2, -0.15) is 0 Å². The van der Waals surface area contributed by atoms with Gasteiger partial charge in [-0.1, -0.05) is 0 Å². The molecule has 3 aliphatic rings. The maximum Gasteiger partial charge on any atom is 0.266 e. The van der Waals surface area contributed by atoms with Crippen LogP contribution in [0.5, 0.6) is 0 Å². The molecule has 0 bridgehead atoms. The summed E-state index contributed by atoms with van der Waals surface area (Å²) in [5, 5.41) is 0. The number of rotatable bonds is 3. The Balaban J connectivity index is 1.82. The zero-order valence-corrected chi connectivity index (χ0v) is 11.1. The number of hydrazine groups is 3. The van der Waals surface area contributed by atoms with Crippen LogP contribution in [0, 0.1) is 0 Å². The Morgan fingerprint density at radius 2 is 0.895 bits per heavy atom. The molecule has 0 aliphatic carbocycles. The van der Waals surface area contributed by atoms with Crippen LogP contribution in [0.3, 0.4) is 0 Å². The maximum absolute atomic E-state index is 3.23. The Labute approximate surface area is 113 Å². The highest BCUT2D eigenvalue weighted by Crippen LogP contribution is 2.46. The summed E-state index contributed by atoms with van der Waals surface area (Å²) in [5.74, 6) is 0. The van der Waals surface area contributed by atoms with E-state index in [0.717, 1.165) is 0 Å². The van der Waals surface area contributed by atoms with Crippen LogP contribution in [0.15, 0.2) is 73.7 Å². The van der Waals surface area contributed by atoms with Gasteiger partial charge in [0, 0.05) is 37.2 Å². The molecule has 3 N–H and O–H groups in total. The molecule has 0 unspecified atom stereocenters. The van der Waals surface area contributed by atoms with Crippen LogP contribution in [-0.4, -0.2) is 14.3 Å². The molecule has 0 aromatic carbocycles. The molecule has 3 rings (SSSR count).